The van der Waals surface area contributed by atoms with Crippen LogP contribution in [0.4, 0.5) is 0 Å². The van der Waals surface area contributed by atoms with Gasteiger partial charge in [-0.1, -0.05) is 19.8 Å². The molecule has 1 fully saturated rings. The Morgan fingerprint density at radius 2 is 2.10 bits per heavy atom. The van der Waals surface area contributed by atoms with E-state index in [1.165, 1.54) is 6.42 Å². The van der Waals surface area contributed by atoms with Gasteiger partial charge in [0.25, 0.3) is 5.91 Å². The van der Waals surface area contributed by atoms with Crippen LogP contribution >= 0.6 is 0 Å². The highest BCUT2D eigenvalue weighted by molar-refractivity contribution is 6.37. The number of rotatable bonds is 4. The van der Waals surface area contributed by atoms with Gasteiger partial charge in [0.1, 0.15) is 5.71 Å². The van der Waals surface area contributed by atoms with Crippen LogP contribution < -0.4 is 10.7 Å². The predicted octanol–water partition coefficient (Wildman–Crippen LogP) is 0.490. The molecule has 2 amide bonds. The van der Waals surface area contributed by atoms with E-state index in [4.69, 9.17) is 4.74 Å². The van der Waals surface area contributed by atoms with Crippen molar-refractivity contribution in [2.75, 3.05) is 6.61 Å². The molecule has 0 bridgehead atoms. The summed E-state index contributed by atoms with van der Waals surface area (Å²) in [5.74, 6) is -0.712. The smallest absolute Gasteiger partial charge is 0.355 e. The van der Waals surface area contributed by atoms with Crippen LogP contribution in [-0.4, -0.2) is 36.1 Å². The molecule has 2 atom stereocenters. The second-order valence-corrected chi connectivity index (χ2v) is 5.61. The third-order valence-electron chi connectivity index (χ3n) is 3.93. The zero-order chi connectivity index (χ0) is 15.2. The number of amides is 2. The zero-order valence-corrected chi connectivity index (χ0v) is 12.2. The van der Waals surface area contributed by atoms with E-state index in [1.807, 2.05) is 0 Å². The monoisotopic (exact) mass is 295 g/mol. The summed E-state index contributed by atoms with van der Waals surface area (Å²) in [4.78, 5) is 34.4. The Morgan fingerprint density at radius 3 is 2.76 bits per heavy atom. The van der Waals surface area contributed by atoms with E-state index in [0.29, 0.717) is 5.92 Å². The number of hydrazone groups is 1. The van der Waals surface area contributed by atoms with Crippen molar-refractivity contribution < 1.29 is 19.1 Å². The summed E-state index contributed by atoms with van der Waals surface area (Å²) in [5.41, 5.74) is 2.37. The van der Waals surface area contributed by atoms with E-state index in [9.17, 15) is 14.4 Å². The zero-order valence-electron chi connectivity index (χ0n) is 12.2. The fourth-order valence-corrected chi connectivity index (χ4v) is 2.61. The number of esters is 1. The average Bonchev–Trinajstić information content (AvgIpc) is 2.48. The molecule has 2 aliphatic rings. The number of hydrogen-bond acceptors (Lipinski definition) is 5. The summed E-state index contributed by atoms with van der Waals surface area (Å²) >= 11 is 0. The van der Waals surface area contributed by atoms with Crippen LogP contribution in [0.5, 0.6) is 0 Å². The van der Waals surface area contributed by atoms with Crippen LogP contribution in [0.3, 0.4) is 0 Å². The molecule has 2 unspecified atom stereocenters. The van der Waals surface area contributed by atoms with Gasteiger partial charge in [-0.15, -0.1) is 0 Å². The predicted molar refractivity (Wildman–Crippen MR) is 75.3 cm³/mol. The summed E-state index contributed by atoms with van der Waals surface area (Å²) in [6, 6.07) is 0.163. The van der Waals surface area contributed by atoms with Gasteiger partial charge < -0.3 is 10.1 Å². The number of carbonyl (C=O) groups is 3. The maximum atomic E-state index is 11.8. The quantitative estimate of drug-likeness (QED) is 0.738. The molecule has 21 heavy (non-hydrogen) atoms. The molecule has 0 aromatic carbocycles. The van der Waals surface area contributed by atoms with E-state index in [-0.39, 0.29) is 43.0 Å². The molecule has 116 valence electrons. The standard InChI is InChI=1S/C14H21N3O4/c1-9-4-2-3-5-10(9)15-13(19)8-21-14(20)11-6-7-12(18)17-16-11/h9-10H,2-8H2,1H3,(H,15,19)(H,17,18). The van der Waals surface area contributed by atoms with Crippen LogP contribution in [0.15, 0.2) is 5.10 Å². The van der Waals surface area contributed by atoms with Gasteiger partial charge in [0.2, 0.25) is 5.91 Å². The molecule has 0 saturated heterocycles. The van der Waals surface area contributed by atoms with Gasteiger partial charge in [-0.05, 0) is 18.8 Å². The molecule has 1 aliphatic heterocycles. The van der Waals surface area contributed by atoms with Crippen molar-refractivity contribution in [3.8, 4) is 0 Å². The second kappa shape index (κ2) is 7.19. The molecular formula is C14H21N3O4. The molecule has 0 aromatic heterocycles. The van der Waals surface area contributed by atoms with Gasteiger partial charge in [0.15, 0.2) is 6.61 Å². The third-order valence-corrected chi connectivity index (χ3v) is 3.93. The molecular weight excluding hydrogens is 274 g/mol. The average molecular weight is 295 g/mol. The van der Waals surface area contributed by atoms with Crippen molar-refractivity contribution in [2.24, 2.45) is 11.0 Å². The first-order chi connectivity index (χ1) is 10.1. The minimum atomic E-state index is -0.651. The maximum absolute atomic E-state index is 11.8. The normalized spacial score (nSPS) is 25.6. The highest BCUT2D eigenvalue weighted by atomic mass is 16.5. The number of nitrogens with one attached hydrogen (secondary N) is 2. The Labute approximate surface area is 123 Å². The Balaban J connectivity index is 1.73. The first-order valence-electron chi connectivity index (χ1n) is 7.38. The summed E-state index contributed by atoms with van der Waals surface area (Å²) in [5, 5.41) is 6.54. The minimum Gasteiger partial charge on any atom is -0.451 e. The summed E-state index contributed by atoms with van der Waals surface area (Å²) in [7, 11) is 0. The summed E-state index contributed by atoms with van der Waals surface area (Å²) in [6.45, 7) is 1.81. The molecule has 0 spiro atoms. The Morgan fingerprint density at radius 1 is 1.33 bits per heavy atom. The van der Waals surface area contributed by atoms with Crippen LogP contribution in [0.2, 0.25) is 0 Å². The van der Waals surface area contributed by atoms with Crippen molar-refractivity contribution in [3.05, 3.63) is 0 Å². The Bertz CT molecular complexity index is 461. The first kappa shape index (κ1) is 15.5. The largest absolute Gasteiger partial charge is 0.451 e. The van der Waals surface area contributed by atoms with Gasteiger partial charge in [-0.2, -0.15) is 5.10 Å². The molecule has 1 saturated carbocycles. The molecule has 1 heterocycles. The molecule has 2 N–H and O–H groups in total. The minimum absolute atomic E-state index is 0.147. The number of carbonyl (C=O) groups excluding carboxylic acids is 3. The van der Waals surface area contributed by atoms with Crippen molar-refractivity contribution >= 4 is 23.5 Å². The Hall–Kier alpha value is -1.92. The number of ether oxygens (including phenoxy) is 1. The van der Waals surface area contributed by atoms with Gasteiger partial charge >= 0.3 is 5.97 Å². The highest BCUT2D eigenvalue weighted by Gasteiger charge is 2.24. The van der Waals surface area contributed by atoms with E-state index >= 15 is 0 Å². The molecule has 0 radical (unpaired) electrons. The number of hydrogen-bond donors (Lipinski definition) is 2. The first-order valence-corrected chi connectivity index (χ1v) is 7.38. The second-order valence-electron chi connectivity index (χ2n) is 5.61. The lowest BCUT2D eigenvalue weighted by Crippen LogP contribution is -2.43. The van der Waals surface area contributed by atoms with E-state index in [0.717, 1.165) is 19.3 Å². The topological polar surface area (TPSA) is 96.9 Å². The number of nitrogens with zero attached hydrogens (tertiary/aromatic N) is 1. The van der Waals surface area contributed by atoms with Crippen LogP contribution in [0.1, 0.15) is 45.4 Å². The van der Waals surface area contributed by atoms with Gasteiger partial charge in [-0.25, -0.2) is 10.2 Å². The van der Waals surface area contributed by atoms with Crippen LogP contribution in [-0.2, 0) is 19.1 Å². The van der Waals surface area contributed by atoms with Crippen molar-refractivity contribution in [2.45, 2.75) is 51.5 Å². The molecule has 7 nitrogen and oxygen atoms in total. The van der Waals surface area contributed by atoms with Crippen molar-refractivity contribution in [3.63, 3.8) is 0 Å². The van der Waals surface area contributed by atoms with E-state index in [2.05, 4.69) is 22.8 Å². The third kappa shape index (κ3) is 4.54. The molecule has 2 rings (SSSR count). The van der Waals surface area contributed by atoms with Gasteiger partial charge in [0, 0.05) is 18.9 Å². The highest BCUT2D eigenvalue weighted by Crippen LogP contribution is 2.23. The van der Waals surface area contributed by atoms with Crippen molar-refractivity contribution in [1.82, 2.24) is 10.7 Å². The van der Waals surface area contributed by atoms with Crippen LogP contribution in [0.25, 0.3) is 0 Å². The SMILES string of the molecule is CC1CCCCC1NC(=O)COC(=O)C1=NNC(=O)CC1. The lowest BCUT2D eigenvalue weighted by molar-refractivity contribution is -0.142. The fraction of sp³-hybridized carbons (Fsp3) is 0.714. The molecule has 7 heteroatoms. The lowest BCUT2D eigenvalue weighted by atomic mass is 9.86. The lowest BCUT2D eigenvalue weighted by Gasteiger charge is -2.29. The summed E-state index contributed by atoms with van der Waals surface area (Å²) < 4.78 is 4.92. The van der Waals surface area contributed by atoms with E-state index in [1.54, 1.807) is 0 Å². The van der Waals surface area contributed by atoms with Crippen molar-refractivity contribution in [1.29, 1.82) is 0 Å². The van der Waals surface area contributed by atoms with Crippen LogP contribution in [0, 0.1) is 5.92 Å². The Kier molecular flexibility index (Phi) is 5.30. The fourth-order valence-electron chi connectivity index (χ4n) is 2.61. The molecule has 0 aromatic rings. The van der Waals surface area contributed by atoms with Gasteiger partial charge in [0.05, 0.1) is 0 Å². The summed E-state index contributed by atoms with van der Waals surface area (Å²) in [6.07, 6.45) is 4.85. The van der Waals surface area contributed by atoms with Gasteiger partial charge in [-0.3, -0.25) is 9.59 Å². The maximum Gasteiger partial charge on any atom is 0.355 e. The molecule has 1 aliphatic carbocycles. The van der Waals surface area contributed by atoms with E-state index < -0.39 is 5.97 Å².